The van der Waals surface area contributed by atoms with Crippen molar-refractivity contribution in [2.75, 3.05) is 23.5 Å². The monoisotopic (exact) mass is 374 g/mol. The quantitative estimate of drug-likeness (QED) is 0.545. The molecule has 1 aliphatic rings. The molecule has 136 valence electrons. The molecule has 0 fully saturated rings. The molecule has 26 heavy (non-hydrogen) atoms. The highest BCUT2D eigenvalue weighted by Gasteiger charge is 2.34. The molecule has 1 aromatic heterocycles. The Morgan fingerprint density at radius 2 is 2.08 bits per heavy atom. The summed E-state index contributed by atoms with van der Waals surface area (Å²) in [5, 5.41) is 5.72. The molecule has 1 aliphatic heterocycles. The summed E-state index contributed by atoms with van der Waals surface area (Å²) in [6.07, 6.45) is -0.111. The van der Waals surface area contributed by atoms with E-state index in [1.54, 1.807) is 31.4 Å². The highest BCUT2D eigenvalue weighted by atomic mass is 32.2. The molecule has 3 rings (SSSR count). The van der Waals surface area contributed by atoms with Gasteiger partial charge in [0.25, 0.3) is 5.56 Å². The predicted molar refractivity (Wildman–Crippen MR) is 98.9 cm³/mol. The summed E-state index contributed by atoms with van der Waals surface area (Å²) in [6, 6.07) is 6.79. The van der Waals surface area contributed by atoms with Gasteiger partial charge in [-0.15, -0.1) is 0 Å². The number of carbonyl (C=O) groups is 2. The van der Waals surface area contributed by atoms with Crippen molar-refractivity contribution in [2.24, 2.45) is 0 Å². The van der Waals surface area contributed by atoms with Gasteiger partial charge in [0.2, 0.25) is 11.8 Å². The van der Waals surface area contributed by atoms with Crippen molar-refractivity contribution in [3.05, 3.63) is 40.2 Å². The Balaban J connectivity index is 1.89. The van der Waals surface area contributed by atoms with Crippen LogP contribution in [0.25, 0.3) is 0 Å². The van der Waals surface area contributed by atoms with E-state index in [0.717, 1.165) is 5.75 Å². The number of fused-ring (bicyclic) bond motifs is 1. The number of aromatic amines is 1. The molecule has 3 N–H and O–H groups in total. The maximum atomic E-state index is 12.7. The predicted octanol–water partition coefficient (Wildman–Crippen LogP) is 1.95. The average molecular weight is 374 g/mol. The number of anilines is 2. The molecule has 1 unspecified atom stereocenters. The van der Waals surface area contributed by atoms with Crippen molar-refractivity contribution < 1.29 is 14.3 Å². The Morgan fingerprint density at radius 3 is 2.73 bits per heavy atom. The van der Waals surface area contributed by atoms with Crippen molar-refractivity contribution >= 4 is 35.1 Å². The number of rotatable bonds is 5. The van der Waals surface area contributed by atoms with Gasteiger partial charge in [0.15, 0.2) is 5.16 Å². The lowest BCUT2D eigenvalue weighted by atomic mass is 9.92. The van der Waals surface area contributed by atoms with Crippen LogP contribution in [0.15, 0.2) is 34.2 Å². The topological polar surface area (TPSA) is 113 Å². The second-order valence-electron chi connectivity index (χ2n) is 5.59. The van der Waals surface area contributed by atoms with Crippen LogP contribution in [-0.2, 0) is 9.59 Å². The van der Waals surface area contributed by atoms with Gasteiger partial charge >= 0.3 is 0 Å². The van der Waals surface area contributed by atoms with E-state index < -0.39 is 17.4 Å². The molecule has 2 amide bonds. The number of nitrogens with zero attached hydrogens (tertiary/aromatic N) is 1. The molecule has 8 nitrogen and oxygen atoms in total. The minimum Gasteiger partial charge on any atom is -0.497 e. The molecule has 9 heteroatoms. The van der Waals surface area contributed by atoms with Gasteiger partial charge in [0, 0.05) is 12.1 Å². The number of amides is 2. The second kappa shape index (κ2) is 7.61. The molecule has 0 radical (unpaired) electrons. The first kappa shape index (κ1) is 18.0. The molecule has 0 bridgehead atoms. The third kappa shape index (κ3) is 3.72. The summed E-state index contributed by atoms with van der Waals surface area (Å²) in [4.78, 5) is 44.1. The number of benzene rings is 1. The highest BCUT2D eigenvalue weighted by molar-refractivity contribution is 7.99. The molecular formula is C17H18N4O4S. The number of carbonyl (C=O) groups excluding carboxylic acids is 2. The van der Waals surface area contributed by atoms with Crippen LogP contribution in [0.4, 0.5) is 11.5 Å². The van der Waals surface area contributed by atoms with Gasteiger partial charge in [-0.2, -0.15) is 0 Å². The lowest BCUT2D eigenvalue weighted by Crippen LogP contribution is -2.36. The Kier molecular flexibility index (Phi) is 5.27. The summed E-state index contributed by atoms with van der Waals surface area (Å²) in [5.41, 5.74) is 0.308. The molecule has 2 aromatic rings. The molecule has 0 saturated carbocycles. The van der Waals surface area contributed by atoms with E-state index >= 15 is 0 Å². The van der Waals surface area contributed by atoms with E-state index in [1.165, 1.54) is 11.8 Å². The van der Waals surface area contributed by atoms with E-state index in [2.05, 4.69) is 20.6 Å². The number of hydrogen-bond donors (Lipinski definition) is 3. The number of thioether (sulfide) groups is 1. The van der Waals surface area contributed by atoms with Gasteiger partial charge in [-0.05, 0) is 30.0 Å². The van der Waals surface area contributed by atoms with Crippen LogP contribution in [0.2, 0.25) is 0 Å². The smallest absolute Gasteiger partial charge is 0.257 e. The van der Waals surface area contributed by atoms with Crippen LogP contribution in [0, 0.1) is 0 Å². The number of hydrogen-bond acceptors (Lipinski definition) is 6. The van der Waals surface area contributed by atoms with Crippen LogP contribution in [0.1, 0.15) is 24.8 Å². The Labute approximate surface area is 153 Å². The van der Waals surface area contributed by atoms with Crippen LogP contribution >= 0.6 is 11.8 Å². The van der Waals surface area contributed by atoms with E-state index in [1.807, 2.05) is 6.92 Å². The van der Waals surface area contributed by atoms with Gasteiger partial charge in [-0.1, -0.05) is 18.7 Å². The lowest BCUT2D eigenvalue weighted by molar-refractivity contribution is -0.123. The molecule has 0 aliphatic carbocycles. The van der Waals surface area contributed by atoms with E-state index in [4.69, 9.17) is 4.74 Å². The van der Waals surface area contributed by atoms with Gasteiger partial charge in [-0.3, -0.25) is 14.4 Å². The number of nitrogens with one attached hydrogen (secondary N) is 3. The number of ether oxygens (including phenoxy) is 1. The highest BCUT2D eigenvalue weighted by Crippen LogP contribution is 2.30. The van der Waals surface area contributed by atoms with Crippen molar-refractivity contribution in [3.63, 3.8) is 0 Å². The van der Waals surface area contributed by atoms with E-state index in [9.17, 15) is 14.4 Å². The van der Waals surface area contributed by atoms with Crippen molar-refractivity contribution in [1.82, 2.24) is 9.97 Å². The molecule has 1 aromatic carbocycles. The fourth-order valence-corrected chi connectivity index (χ4v) is 3.28. The summed E-state index contributed by atoms with van der Waals surface area (Å²) in [5.74, 6) is -0.162. The van der Waals surface area contributed by atoms with Crippen LogP contribution in [0.5, 0.6) is 5.75 Å². The van der Waals surface area contributed by atoms with Crippen molar-refractivity contribution in [2.45, 2.75) is 24.4 Å². The minimum absolute atomic E-state index is 0.111. The number of methoxy groups -OCH3 is 1. The molecule has 2 heterocycles. The number of aromatic nitrogens is 2. The SMILES string of the molecule is CCSc1nc2c(c(=O)[nH]1)C(C(=O)Nc1ccc(OC)cc1)CC(=O)N2. The first-order valence-electron chi connectivity index (χ1n) is 8.03. The van der Waals surface area contributed by atoms with Crippen LogP contribution in [0.3, 0.4) is 0 Å². The Hall–Kier alpha value is -2.81. The largest absolute Gasteiger partial charge is 0.497 e. The molecule has 1 atom stereocenters. The number of H-pyrrole nitrogens is 1. The average Bonchev–Trinajstić information content (AvgIpc) is 2.61. The minimum atomic E-state index is -0.905. The van der Waals surface area contributed by atoms with Gasteiger partial charge < -0.3 is 20.4 Å². The molecule has 0 saturated heterocycles. The fraction of sp³-hybridized carbons (Fsp3) is 0.294. The second-order valence-corrected chi connectivity index (χ2v) is 6.84. The van der Waals surface area contributed by atoms with E-state index in [0.29, 0.717) is 16.6 Å². The zero-order chi connectivity index (χ0) is 18.7. The first-order chi connectivity index (χ1) is 12.5. The molecular weight excluding hydrogens is 356 g/mol. The fourth-order valence-electron chi connectivity index (χ4n) is 2.68. The maximum absolute atomic E-state index is 12.7. The normalized spacial score (nSPS) is 15.8. The van der Waals surface area contributed by atoms with Gasteiger partial charge in [0.05, 0.1) is 18.6 Å². The lowest BCUT2D eigenvalue weighted by Gasteiger charge is -2.23. The third-order valence-corrected chi connectivity index (χ3v) is 4.64. The molecule has 0 spiro atoms. The maximum Gasteiger partial charge on any atom is 0.257 e. The van der Waals surface area contributed by atoms with Crippen LogP contribution < -0.4 is 20.9 Å². The summed E-state index contributed by atoms with van der Waals surface area (Å²) < 4.78 is 5.08. The van der Waals surface area contributed by atoms with Gasteiger partial charge in [-0.25, -0.2) is 4.98 Å². The summed E-state index contributed by atoms with van der Waals surface area (Å²) in [6.45, 7) is 1.92. The Bertz CT molecular complexity index is 895. The summed E-state index contributed by atoms with van der Waals surface area (Å²) >= 11 is 1.35. The van der Waals surface area contributed by atoms with Gasteiger partial charge in [0.1, 0.15) is 11.6 Å². The van der Waals surface area contributed by atoms with Crippen molar-refractivity contribution in [3.8, 4) is 5.75 Å². The van der Waals surface area contributed by atoms with Crippen molar-refractivity contribution in [1.29, 1.82) is 0 Å². The van der Waals surface area contributed by atoms with E-state index in [-0.39, 0.29) is 23.7 Å². The summed E-state index contributed by atoms with van der Waals surface area (Å²) in [7, 11) is 1.55. The zero-order valence-electron chi connectivity index (χ0n) is 14.3. The third-order valence-electron chi connectivity index (χ3n) is 3.88. The van der Waals surface area contributed by atoms with Crippen LogP contribution in [-0.4, -0.2) is 34.6 Å². The first-order valence-corrected chi connectivity index (χ1v) is 9.02. The zero-order valence-corrected chi connectivity index (χ0v) is 15.1. The standard InChI is InChI=1S/C17H18N4O4S/c1-3-26-17-20-14-13(16(24)21-17)11(8-12(22)19-14)15(23)18-9-4-6-10(25-2)7-5-9/h4-7,11H,3,8H2,1-2H3,(H,18,23)(H2,19,20,21,22,24). The Morgan fingerprint density at radius 1 is 1.35 bits per heavy atom.